The van der Waals surface area contributed by atoms with E-state index in [2.05, 4.69) is 0 Å². The first-order chi connectivity index (χ1) is 7.50. The summed E-state index contributed by atoms with van der Waals surface area (Å²) in [7, 11) is 0. The Kier molecular flexibility index (Phi) is 2.66. The molecule has 0 radical (unpaired) electrons. The van der Waals surface area contributed by atoms with E-state index in [1.165, 1.54) is 0 Å². The molecule has 1 aliphatic rings. The summed E-state index contributed by atoms with van der Waals surface area (Å²) in [6.07, 6.45) is 1.31. The lowest BCUT2D eigenvalue weighted by Crippen LogP contribution is -2.31. The van der Waals surface area contributed by atoms with Gasteiger partial charge in [-0.3, -0.25) is 0 Å². The van der Waals surface area contributed by atoms with E-state index in [1.807, 2.05) is 6.07 Å². The average molecular weight is 226 g/mol. The minimum absolute atomic E-state index is 0.348. The van der Waals surface area contributed by atoms with Crippen LogP contribution in [-0.2, 0) is 11.2 Å². The Labute approximate surface area is 91.9 Å². The number of carboxylic acids is 1. The SMILES string of the molecule is O=C(O)C(F)(F)Cc1ccccc1C1CC1. The van der Waals surface area contributed by atoms with Crippen LogP contribution in [0.4, 0.5) is 8.78 Å². The topological polar surface area (TPSA) is 37.3 Å². The molecule has 0 saturated heterocycles. The summed E-state index contributed by atoms with van der Waals surface area (Å²) in [5.41, 5.74) is 1.33. The van der Waals surface area contributed by atoms with E-state index >= 15 is 0 Å². The lowest BCUT2D eigenvalue weighted by molar-refractivity contribution is -0.164. The number of carboxylic acid groups (broad SMARTS) is 1. The van der Waals surface area contributed by atoms with Crippen LogP contribution in [0.1, 0.15) is 29.9 Å². The molecule has 4 heteroatoms. The van der Waals surface area contributed by atoms with Gasteiger partial charge >= 0.3 is 11.9 Å². The van der Waals surface area contributed by atoms with Crippen LogP contribution in [0.5, 0.6) is 0 Å². The Morgan fingerprint density at radius 2 is 2.00 bits per heavy atom. The van der Waals surface area contributed by atoms with Crippen molar-refractivity contribution >= 4 is 5.97 Å². The molecule has 1 aromatic carbocycles. The van der Waals surface area contributed by atoms with Gasteiger partial charge in [0.15, 0.2) is 0 Å². The van der Waals surface area contributed by atoms with Gasteiger partial charge in [0.2, 0.25) is 0 Å². The van der Waals surface area contributed by atoms with Gasteiger partial charge in [-0.05, 0) is 29.9 Å². The second-order valence-electron chi connectivity index (χ2n) is 4.16. The quantitative estimate of drug-likeness (QED) is 0.857. The van der Waals surface area contributed by atoms with Gasteiger partial charge in [0, 0.05) is 6.42 Å². The molecule has 1 fully saturated rings. The molecule has 0 aromatic heterocycles. The standard InChI is InChI=1S/C12H12F2O2/c13-12(14,11(15)16)7-9-3-1-2-4-10(9)8-5-6-8/h1-4,8H,5-7H2,(H,15,16). The fourth-order valence-corrected chi connectivity index (χ4v) is 1.80. The Morgan fingerprint density at radius 3 is 2.56 bits per heavy atom. The molecule has 0 heterocycles. The predicted octanol–water partition coefficient (Wildman–Crippen LogP) is 2.83. The molecule has 1 N–H and O–H groups in total. The van der Waals surface area contributed by atoms with Crippen molar-refractivity contribution in [3.05, 3.63) is 35.4 Å². The van der Waals surface area contributed by atoms with Crippen LogP contribution in [0.2, 0.25) is 0 Å². The lowest BCUT2D eigenvalue weighted by Gasteiger charge is -2.14. The summed E-state index contributed by atoms with van der Waals surface area (Å²) in [4.78, 5) is 10.4. The van der Waals surface area contributed by atoms with Crippen LogP contribution in [-0.4, -0.2) is 17.0 Å². The highest BCUT2D eigenvalue weighted by atomic mass is 19.3. The number of aliphatic carboxylic acids is 1. The highest BCUT2D eigenvalue weighted by Crippen LogP contribution is 2.42. The van der Waals surface area contributed by atoms with Crippen LogP contribution < -0.4 is 0 Å². The maximum absolute atomic E-state index is 13.1. The molecule has 16 heavy (non-hydrogen) atoms. The van der Waals surface area contributed by atoms with Crippen molar-refractivity contribution in [2.45, 2.75) is 31.1 Å². The van der Waals surface area contributed by atoms with Crippen LogP contribution >= 0.6 is 0 Å². The van der Waals surface area contributed by atoms with Crippen molar-refractivity contribution < 1.29 is 18.7 Å². The van der Waals surface area contributed by atoms with Gasteiger partial charge in [0.05, 0.1) is 0 Å². The molecule has 2 nitrogen and oxygen atoms in total. The van der Waals surface area contributed by atoms with Crippen molar-refractivity contribution in [3.63, 3.8) is 0 Å². The highest BCUT2D eigenvalue weighted by Gasteiger charge is 2.40. The Morgan fingerprint density at radius 1 is 1.38 bits per heavy atom. The van der Waals surface area contributed by atoms with Gasteiger partial charge in [-0.1, -0.05) is 24.3 Å². The van der Waals surface area contributed by atoms with E-state index in [0.29, 0.717) is 11.5 Å². The van der Waals surface area contributed by atoms with Crippen LogP contribution in [0, 0.1) is 0 Å². The maximum Gasteiger partial charge on any atom is 0.374 e. The molecule has 0 aliphatic heterocycles. The Bertz CT molecular complexity index is 411. The number of hydrogen-bond donors (Lipinski definition) is 1. The van der Waals surface area contributed by atoms with E-state index in [0.717, 1.165) is 18.4 Å². The molecule has 1 saturated carbocycles. The highest BCUT2D eigenvalue weighted by molar-refractivity contribution is 5.75. The molecule has 0 spiro atoms. The first-order valence-corrected chi connectivity index (χ1v) is 5.20. The first kappa shape index (κ1) is 11.0. The minimum atomic E-state index is -3.68. The molecule has 2 rings (SSSR count). The summed E-state index contributed by atoms with van der Waals surface area (Å²) < 4.78 is 26.2. The second-order valence-corrected chi connectivity index (χ2v) is 4.16. The summed E-state index contributed by atoms with van der Waals surface area (Å²) >= 11 is 0. The average Bonchev–Trinajstić information content (AvgIpc) is 3.01. The lowest BCUT2D eigenvalue weighted by atomic mass is 9.98. The third-order valence-electron chi connectivity index (χ3n) is 2.80. The predicted molar refractivity (Wildman–Crippen MR) is 54.7 cm³/mol. The molecule has 0 bridgehead atoms. The molecule has 0 atom stereocenters. The van der Waals surface area contributed by atoms with Crippen molar-refractivity contribution in [1.29, 1.82) is 0 Å². The van der Waals surface area contributed by atoms with Crippen LogP contribution in [0.3, 0.4) is 0 Å². The largest absolute Gasteiger partial charge is 0.477 e. The van der Waals surface area contributed by atoms with E-state index < -0.39 is 18.3 Å². The molecule has 1 aromatic rings. The zero-order valence-electron chi connectivity index (χ0n) is 8.62. The number of halogens is 2. The number of alkyl halides is 2. The van der Waals surface area contributed by atoms with E-state index in [4.69, 9.17) is 5.11 Å². The van der Waals surface area contributed by atoms with Crippen LogP contribution in [0.25, 0.3) is 0 Å². The maximum atomic E-state index is 13.1. The zero-order valence-corrected chi connectivity index (χ0v) is 8.62. The third-order valence-corrected chi connectivity index (χ3v) is 2.80. The molecule has 0 amide bonds. The minimum Gasteiger partial charge on any atom is -0.477 e. The molecule has 0 unspecified atom stereocenters. The summed E-state index contributed by atoms with van der Waals surface area (Å²) in [5.74, 6) is -5.38. The smallest absolute Gasteiger partial charge is 0.374 e. The van der Waals surface area contributed by atoms with Gasteiger partial charge in [-0.15, -0.1) is 0 Å². The van der Waals surface area contributed by atoms with Gasteiger partial charge in [0.1, 0.15) is 0 Å². The van der Waals surface area contributed by atoms with Crippen LogP contribution in [0.15, 0.2) is 24.3 Å². The molecule has 1 aliphatic carbocycles. The fraction of sp³-hybridized carbons (Fsp3) is 0.417. The van der Waals surface area contributed by atoms with Crippen molar-refractivity contribution in [2.24, 2.45) is 0 Å². The van der Waals surface area contributed by atoms with Gasteiger partial charge in [-0.2, -0.15) is 8.78 Å². The molecular weight excluding hydrogens is 214 g/mol. The number of hydrogen-bond acceptors (Lipinski definition) is 1. The van der Waals surface area contributed by atoms with E-state index in [-0.39, 0.29) is 0 Å². The Hall–Kier alpha value is -1.45. The van der Waals surface area contributed by atoms with Gasteiger partial charge in [0.25, 0.3) is 0 Å². The monoisotopic (exact) mass is 226 g/mol. The number of carbonyl (C=O) groups is 1. The molecular formula is C12H12F2O2. The molecule has 86 valence electrons. The number of benzene rings is 1. The zero-order chi connectivity index (χ0) is 11.8. The normalized spacial score (nSPS) is 16.1. The van der Waals surface area contributed by atoms with Crippen molar-refractivity contribution in [3.8, 4) is 0 Å². The van der Waals surface area contributed by atoms with Gasteiger partial charge in [-0.25, -0.2) is 4.79 Å². The van der Waals surface area contributed by atoms with E-state index in [1.54, 1.807) is 18.2 Å². The summed E-state index contributed by atoms with van der Waals surface area (Å²) in [6, 6.07) is 6.87. The summed E-state index contributed by atoms with van der Waals surface area (Å²) in [6.45, 7) is 0. The fourth-order valence-electron chi connectivity index (χ4n) is 1.80. The number of rotatable bonds is 4. The van der Waals surface area contributed by atoms with Crippen molar-refractivity contribution in [1.82, 2.24) is 0 Å². The van der Waals surface area contributed by atoms with Gasteiger partial charge < -0.3 is 5.11 Å². The summed E-state index contributed by atoms with van der Waals surface area (Å²) in [5, 5.41) is 8.40. The van der Waals surface area contributed by atoms with Crippen molar-refractivity contribution in [2.75, 3.05) is 0 Å². The van der Waals surface area contributed by atoms with E-state index in [9.17, 15) is 13.6 Å². The Balaban J connectivity index is 2.23. The third kappa shape index (κ3) is 2.21. The first-order valence-electron chi connectivity index (χ1n) is 5.20. The second kappa shape index (κ2) is 3.85.